The maximum atomic E-state index is 12.8. The van der Waals surface area contributed by atoms with Crippen molar-refractivity contribution in [2.45, 2.75) is 56.6 Å². The van der Waals surface area contributed by atoms with Crippen LogP contribution in [-0.4, -0.2) is 72.1 Å². The smallest absolute Gasteiger partial charge is 0.395 e. The van der Waals surface area contributed by atoms with E-state index in [1.807, 2.05) is 0 Å². The second kappa shape index (κ2) is 10.2. The molecule has 0 aliphatic carbocycles. The number of hydrogen-bond acceptors (Lipinski definition) is 7. The SMILES string of the molecule is CNC(=O)c1cccc(C(=O)S[C@@H]2C(=O)N(C(=O)C(=O)O)[C@@H]2CCO[Si](C)(C)C(C)(C)C)c1. The standard InChI is InChI=1S/C22H30N2O7SSi/c1-22(2,3)33(5,6)31-11-10-15-16(18(26)24(15)19(27)20(28)29)32-21(30)14-9-7-8-13(12-14)17(25)23-4/h7-9,12,15-16H,10-11H2,1-6H3,(H,23,25)(H,28,29)/t15-,16+/m1/s1. The number of imide groups is 1. The Morgan fingerprint density at radius 2 is 1.79 bits per heavy atom. The third kappa shape index (κ3) is 5.90. The Kier molecular flexibility index (Phi) is 8.25. The molecule has 2 atom stereocenters. The maximum Gasteiger partial charge on any atom is 0.395 e. The molecule has 1 aromatic carbocycles. The summed E-state index contributed by atoms with van der Waals surface area (Å²) in [5.74, 6) is -4.12. The number of thioether (sulfide) groups is 1. The number of rotatable bonds is 7. The van der Waals surface area contributed by atoms with Crippen molar-refractivity contribution in [2.75, 3.05) is 13.7 Å². The number of likely N-dealkylation sites (tertiary alicyclic amines) is 1. The highest BCUT2D eigenvalue weighted by molar-refractivity contribution is 8.15. The molecule has 1 aliphatic heterocycles. The quantitative estimate of drug-likeness (QED) is 0.336. The van der Waals surface area contributed by atoms with Crippen LogP contribution in [0.4, 0.5) is 0 Å². The summed E-state index contributed by atoms with van der Waals surface area (Å²) in [4.78, 5) is 61.2. The molecule has 2 rings (SSSR count). The van der Waals surface area contributed by atoms with Crippen LogP contribution in [0.25, 0.3) is 0 Å². The minimum Gasteiger partial charge on any atom is -0.474 e. The molecular formula is C22H30N2O7SSi. The molecule has 0 aromatic heterocycles. The molecule has 0 saturated carbocycles. The minimum atomic E-state index is -2.09. The predicted octanol–water partition coefficient (Wildman–Crippen LogP) is 2.52. The van der Waals surface area contributed by atoms with Gasteiger partial charge in [-0.05, 0) is 36.7 Å². The van der Waals surface area contributed by atoms with E-state index in [4.69, 9.17) is 9.53 Å². The van der Waals surface area contributed by atoms with Gasteiger partial charge in [0.05, 0.1) is 6.04 Å². The zero-order chi connectivity index (χ0) is 25.1. The van der Waals surface area contributed by atoms with Crippen molar-refractivity contribution in [2.24, 2.45) is 0 Å². The van der Waals surface area contributed by atoms with Crippen LogP contribution in [0.3, 0.4) is 0 Å². The van der Waals surface area contributed by atoms with Gasteiger partial charge in [0.15, 0.2) is 8.32 Å². The first-order valence-electron chi connectivity index (χ1n) is 10.5. The van der Waals surface area contributed by atoms with E-state index in [1.165, 1.54) is 19.2 Å². The van der Waals surface area contributed by atoms with Gasteiger partial charge in [-0.1, -0.05) is 44.7 Å². The average molecular weight is 495 g/mol. The van der Waals surface area contributed by atoms with Gasteiger partial charge in [0.2, 0.25) is 11.0 Å². The van der Waals surface area contributed by atoms with Gasteiger partial charge in [-0.3, -0.25) is 24.1 Å². The number of carboxylic acid groups (broad SMARTS) is 1. The van der Waals surface area contributed by atoms with Gasteiger partial charge in [-0.25, -0.2) is 4.79 Å². The van der Waals surface area contributed by atoms with Crippen LogP contribution in [-0.2, 0) is 18.8 Å². The molecule has 2 N–H and O–H groups in total. The van der Waals surface area contributed by atoms with Crippen LogP contribution in [0, 0.1) is 0 Å². The molecule has 0 unspecified atom stereocenters. The van der Waals surface area contributed by atoms with Crippen molar-refractivity contribution in [1.29, 1.82) is 0 Å². The lowest BCUT2D eigenvalue weighted by molar-refractivity contribution is -0.168. The van der Waals surface area contributed by atoms with Crippen molar-refractivity contribution in [1.82, 2.24) is 10.2 Å². The normalized spacial score (nSPS) is 18.5. The van der Waals surface area contributed by atoms with Crippen molar-refractivity contribution in [3.63, 3.8) is 0 Å². The molecule has 33 heavy (non-hydrogen) atoms. The summed E-state index contributed by atoms with van der Waals surface area (Å²) < 4.78 is 6.12. The number of benzene rings is 1. The highest BCUT2D eigenvalue weighted by Crippen LogP contribution is 2.38. The number of carboxylic acids is 1. The van der Waals surface area contributed by atoms with Gasteiger partial charge >= 0.3 is 11.9 Å². The molecule has 1 fully saturated rings. The first kappa shape index (κ1) is 26.7. The minimum absolute atomic E-state index is 0.0427. The van der Waals surface area contributed by atoms with E-state index in [2.05, 4.69) is 39.2 Å². The van der Waals surface area contributed by atoms with Crippen molar-refractivity contribution in [3.8, 4) is 0 Å². The van der Waals surface area contributed by atoms with Gasteiger partial charge in [-0.2, -0.15) is 0 Å². The van der Waals surface area contributed by atoms with E-state index >= 15 is 0 Å². The lowest BCUT2D eigenvalue weighted by Crippen LogP contribution is -2.67. The second-order valence-corrected chi connectivity index (χ2v) is 15.2. The molecule has 1 aliphatic rings. The van der Waals surface area contributed by atoms with Crippen molar-refractivity contribution >= 4 is 48.9 Å². The largest absolute Gasteiger partial charge is 0.474 e. The molecule has 9 nitrogen and oxygen atoms in total. The van der Waals surface area contributed by atoms with E-state index in [-0.39, 0.29) is 29.5 Å². The first-order chi connectivity index (χ1) is 15.2. The predicted molar refractivity (Wildman–Crippen MR) is 127 cm³/mol. The topological polar surface area (TPSA) is 130 Å². The summed E-state index contributed by atoms with van der Waals surface area (Å²) in [5.41, 5.74) is 0.527. The Hall–Kier alpha value is -2.50. The Bertz CT molecular complexity index is 974. The summed E-state index contributed by atoms with van der Waals surface area (Å²) in [7, 11) is -0.617. The molecular weight excluding hydrogens is 464 g/mol. The van der Waals surface area contributed by atoms with Crippen LogP contribution in [0.5, 0.6) is 0 Å². The van der Waals surface area contributed by atoms with Gasteiger partial charge in [0.1, 0.15) is 5.25 Å². The van der Waals surface area contributed by atoms with Crippen LogP contribution in [0.15, 0.2) is 24.3 Å². The number of nitrogens with one attached hydrogen (secondary N) is 1. The van der Waals surface area contributed by atoms with Crippen molar-refractivity contribution < 1.29 is 33.5 Å². The molecule has 0 radical (unpaired) electrons. The first-order valence-corrected chi connectivity index (χ1v) is 14.3. The summed E-state index contributed by atoms with van der Waals surface area (Å²) >= 11 is 0.729. The molecule has 0 bridgehead atoms. The van der Waals surface area contributed by atoms with E-state index in [9.17, 15) is 24.0 Å². The summed E-state index contributed by atoms with van der Waals surface area (Å²) in [6.45, 7) is 10.6. The number of hydrogen-bond donors (Lipinski definition) is 2. The fourth-order valence-corrected chi connectivity index (χ4v) is 5.23. The number of carbonyl (C=O) groups excluding carboxylic acids is 4. The molecule has 0 spiro atoms. The second-order valence-electron chi connectivity index (χ2n) is 9.27. The van der Waals surface area contributed by atoms with E-state index in [0.29, 0.717) is 10.5 Å². The summed E-state index contributed by atoms with van der Waals surface area (Å²) in [6.07, 6.45) is 0.223. The number of nitrogens with zero attached hydrogens (tertiary/aromatic N) is 1. The zero-order valence-corrected chi connectivity index (χ0v) is 21.4. The Morgan fingerprint density at radius 3 is 2.33 bits per heavy atom. The Balaban J connectivity index is 2.17. The monoisotopic (exact) mass is 494 g/mol. The Labute approximate surface area is 198 Å². The lowest BCUT2D eigenvalue weighted by atomic mass is 9.98. The lowest BCUT2D eigenvalue weighted by Gasteiger charge is -2.44. The third-order valence-electron chi connectivity index (χ3n) is 6.07. The van der Waals surface area contributed by atoms with E-state index in [1.54, 1.807) is 12.1 Å². The van der Waals surface area contributed by atoms with Gasteiger partial charge in [-0.15, -0.1) is 0 Å². The fraction of sp³-hybridized carbons (Fsp3) is 0.500. The number of carbonyl (C=O) groups is 5. The molecule has 11 heteroatoms. The Morgan fingerprint density at radius 1 is 1.18 bits per heavy atom. The highest BCUT2D eigenvalue weighted by Gasteiger charge is 2.53. The number of aliphatic carboxylic acids is 1. The third-order valence-corrected chi connectivity index (χ3v) is 11.8. The molecule has 3 amide bonds. The van der Waals surface area contributed by atoms with Crippen LogP contribution in [0.1, 0.15) is 47.9 Å². The maximum absolute atomic E-state index is 12.8. The van der Waals surface area contributed by atoms with Gasteiger partial charge in [0, 0.05) is 24.8 Å². The van der Waals surface area contributed by atoms with Gasteiger partial charge < -0.3 is 14.8 Å². The molecule has 1 aromatic rings. The van der Waals surface area contributed by atoms with Crippen molar-refractivity contribution in [3.05, 3.63) is 35.4 Å². The highest BCUT2D eigenvalue weighted by atomic mass is 32.2. The average Bonchev–Trinajstić information content (AvgIpc) is 2.74. The van der Waals surface area contributed by atoms with Crippen LogP contribution in [0.2, 0.25) is 18.1 Å². The summed E-state index contributed by atoms with van der Waals surface area (Å²) in [5, 5.41) is 10.2. The van der Waals surface area contributed by atoms with Crippen LogP contribution < -0.4 is 5.32 Å². The zero-order valence-electron chi connectivity index (χ0n) is 19.6. The number of amides is 3. The van der Waals surface area contributed by atoms with Gasteiger partial charge in [0.25, 0.3) is 5.91 Å². The number of β-lactam (4-membered cyclic amide) rings is 1. The fourth-order valence-electron chi connectivity index (χ4n) is 3.05. The molecule has 180 valence electrons. The summed E-state index contributed by atoms with van der Waals surface area (Å²) in [6, 6.07) is 5.30. The molecule has 1 saturated heterocycles. The van der Waals surface area contributed by atoms with E-state index in [0.717, 1.165) is 11.8 Å². The van der Waals surface area contributed by atoms with Crippen LogP contribution >= 0.6 is 11.8 Å². The molecule has 1 heterocycles. The van der Waals surface area contributed by atoms with E-state index < -0.39 is 42.5 Å².